The molecule has 1 aromatic carbocycles. The number of rotatable bonds is 7. The van der Waals surface area contributed by atoms with Crippen LogP contribution in [0.3, 0.4) is 0 Å². The highest BCUT2D eigenvalue weighted by Crippen LogP contribution is 2.27. The molecule has 1 rings (SSSR count). The van der Waals surface area contributed by atoms with Crippen LogP contribution in [0, 0.1) is 0 Å². The second-order valence-corrected chi connectivity index (χ2v) is 5.34. The van der Waals surface area contributed by atoms with Gasteiger partial charge in [-0.05, 0) is 38.8 Å². The van der Waals surface area contributed by atoms with Gasteiger partial charge >= 0.3 is 0 Å². The first kappa shape index (κ1) is 15.0. The van der Waals surface area contributed by atoms with Crippen LogP contribution >= 0.6 is 0 Å². The summed E-state index contributed by atoms with van der Waals surface area (Å²) in [7, 11) is 0. The molecule has 0 amide bonds. The molecule has 0 saturated heterocycles. The van der Waals surface area contributed by atoms with E-state index in [9.17, 15) is 0 Å². The fourth-order valence-corrected chi connectivity index (χ4v) is 2.32. The third-order valence-corrected chi connectivity index (χ3v) is 3.36. The zero-order chi connectivity index (χ0) is 13.5. The monoisotopic (exact) mass is 248 g/mol. The van der Waals surface area contributed by atoms with Gasteiger partial charge in [-0.25, -0.2) is 0 Å². The lowest BCUT2D eigenvalue weighted by Gasteiger charge is -2.32. The zero-order valence-electron chi connectivity index (χ0n) is 12.3. The molecule has 102 valence electrons. The fraction of sp³-hybridized carbons (Fsp3) is 0.625. The van der Waals surface area contributed by atoms with Crippen LogP contribution < -0.4 is 10.6 Å². The molecule has 0 saturated carbocycles. The summed E-state index contributed by atoms with van der Waals surface area (Å²) in [6.07, 6.45) is 3.81. The molecule has 0 unspecified atom stereocenters. The Morgan fingerprint density at radius 3 is 2.33 bits per heavy atom. The van der Waals surface area contributed by atoms with Gasteiger partial charge in [-0.3, -0.25) is 0 Å². The van der Waals surface area contributed by atoms with Gasteiger partial charge in [0.2, 0.25) is 0 Å². The Kier molecular flexibility index (Phi) is 6.20. The predicted octanol–water partition coefficient (Wildman–Crippen LogP) is 4.11. The number of hydrogen-bond acceptors (Lipinski definition) is 2. The summed E-state index contributed by atoms with van der Waals surface area (Å²) >= 11 is 0. The quantitative estimate of drug-likeness (QED) is 0.736. The van der Waals surface area contributed by atoms with Gasteiger partial charge in [-0.15, -0.1) is 0 Å². The van der Waals surface area contributed by atoms with Crippen LogP contribution in [0.5, 0.6) is 0 Å². The maximum atomic E-state index is 6.08. The Balaban J connectivity index is 2.91. The van der Waals surface area contributed by atoms with E-state index < -0.39 is 0 Å². The maximum Gasteiger partial charge on any atom is 0.0416 e. The normalized spacial score (nSPS) is 12.8. The molecule has 1 atom stereocenters. The number of hydrogen-bond donors (Lipinski definition) is 1. The summed E-state index contributed by atoms with van der Waals surface area (Å²) in [6.45, 7) is 9.93. The molecular formula is C16H28N2. The van der Waals surface area contributed by atoms with Crippen LogP contribution in [-0.4, -0.2) is 12.6 Å². The molecule has 2 N–H and O–H groups in total. The Hall–Kier alpha value is -1.02. The van der Waals surface area contributed by atoms with E-state index in [4.69, 9.17) is 5.73 Å². The Bertz CT molecular complexity index is 345. The van der Waals surface area contributed by atoms with Gasteiger partial charge in [-0.2, -0.15) is 0 Å². The minimum Gasteiger partial charge on any atom is -0.369 e. The van der Waals surface area contributed by atoms with Gasteiger partial charge in [0.1, 0.15) is 0 Å². The zero-order valence-corrected chi connectivity index (χ0v) is 12.3. The van der Waals surface area contributed by atoms with Crippen molar-refractivity contribution in [2.45, 2.75) is 59.0 Å². The molecule has 0 radical (unpaired) electrons. The van der Waals surface area contributed by atoms with Gasteiger partial charge < -0.3 is 10.6 Å². The average Bonchev–Trinajstić information content (AvgIpc) is 2.34. The third-order valence-electron chi connectivity index (χ3n) is 3.36. The number of para-hydroxylation sites is 1. The van der Waals surface area contributed by atoms with Gasteiger partial charge in [-0.1, -0.05) is 38.0 Å². The minimum absolute atomic E-state index is 0.0913. The van der Waals surface area contributed by atoms with E-state index in [1.807, 2.05) is 0 Å². The van der Waals surface area contributed by atoms with Crippen LogP contribution in [0.25, 0.3) is 0 Å². The summed E-state index contributed by atoms with van der Waals surface area (Å²) < 4.78 is 0. The lowest BCUT2D eigenvalue weighted by molar-refractivity contribution is 0.621. The first-order chi connectivity index (χ1) is 8.57. The van der Waals surface area contributed by atoms with Crippen molar-refractivity contribution in [3.8, 4) is 0 Å². The van der Waals surface area contributed by atoms with Gasteiger partial charge in [0.15, 0.2) is 0 Å². The summed E-state index contributed by atoms with van der Waals surface area (Å²) in [5.74, 6) is 0. The minimum atomic E-state index is 0.0913. The summed E-state index contributed by atoms with van der Waals surface area (Å²) in [6, 6.07) is 9.14. The van der Waals surface area contributed by atoms with E-state index in [1.165, 1.54) is 30.5 Å². The first-order valence-corrected chi connectivity index (χ1v) is 7.19. The number of anilines is 1. The summed E-state index contributed by atoms with van der Waals surface area (Å²) in [5.41, 5.74) is 8.64. The Morgan fingerprint density at radius 2 is 1.78 bits per heavy atom. The van der Waals surface area contributed by atoms with E-state index in [1.54, 1.807) is 0 Å². The molecule has 1 aromatic rings. The number of unbranched alkanes of at least 4 members (excludes halogenated alkanes) is 2. The molecule has 0 aliphatic carbocycles. The molecular weight excluding hydrogens is 220 g/mol. The van der Waals surface area contributed by atoms with Crippen LogP contribution in [0.4, 0.5) is 5.69 Å². The van der Waals surface area contributed by atoms with Crippen molar-refractivity contribution in [2.24, 2.45) is 5.73 Å². The molecule has 2 heteroatoms. The lowest BCUT2D eigenvalue weighted by Crippen LogP contribution is -2.33. The predicted molar refractivity (Wildman–Crippen MR) is 81.1 cm³/mol. The molecule has 0 spiro atoms. The van der Waals surface area contributed by atoms with Crippen molar-refractivity contribution in [1.82, 2.24) is 0 Å². The standard InChI is InChI=1S/C16H28N2/c1-5-6-9-12-18(13(2)3)16-11-8-7-10-15(16)14(4)17/h7-8,10-11,13-14H,5-6,9,12,17H2,1-4H3/t14-/m0/s1. The number of benzene rings is 1. The van der Waals surface area contributed by atoms with Crippen LogP contribution in [0.15, 0.2) is 24.3 Å². The van der Waals surface area contributed by atoms with Crippen molar-refractivity contribution in [2.75, 3.05) is 11.4 Å². The molecule has 0 fully saturated rings. The van der Waals surface area contributed by atoms with E-state index >= 15 is 0 Å². The largest absolute Gasteiger partial charge is 0.369 e. The highest BCUT2D eigenvalue weighted by Gasteiger charge is 2.15. The summed E-state index contributed by atoms with van der Waals surface area (Å²) in [4.78, 5) is 2.48. The van der Waals surface area contributed by atoms with Crippen LogP contribution in [0.1, 0.15) is 58.6 Å². The number of nitrogens with zero attached hydrogens (tertiary/aromatic N) is 1. The maximum absolute atomic E-state index is 6.08. The SMILES string of the molecule is CCCCCN(c1ccccc1[C@H](C)N)C(C)C. The van der Waals surface area contributed by atoms with E-state index in [0.717, 1.165) is 6.54 Å². The van der Waals surface area contributed by atoms with E-state index in [0.29, 0.717) is 6.04 Å². The van der Waals surface area contributed by atoms with Crippen molar-refractivity contribution >= 4 is 5.69 Å². The molecule has 0 aliphatic heterocycles. The van der Waals surface area contributed by atoms with Gasteiger partial charge in [0, 0.05) is 24.3 Å². The molecule has 0 heterocycles. The molecule has 0 aliphatic rings. The smallest absolute Gasteiger partial charge is 0.0416 e. The lowest BCUT2D eigenvalue weighted by atomic mass is 10.0. The molecule has 18 heavy (non-hydrogen) atoms. The topological polar surface area (TPSA) is 29.3 Å². The number of nitrogens with two attached hydrogens (primary N) is 1. The van der Waals surface area contributed by atoms with Crippen molar-refractivity contribution in [1.29, 1.82) is 0 Å². The van der Waals surface area contributed by atoms with Gasteiger partial charge in [0.05, 0.1) is 0 Å². The van der Waals surface area contributed by atoms with Crippen molar-refractivity contribution in [3.05, 3.63) is 29.8 Å². The van der Waals surface area contributed by atoms with Crippen molar-refractivity contribution in [3.63, 3.8) is 0 Å². The molecule has 0 aromatic heterocycles. The van der Waals surface area contributed by atoms with Crippen molar-refractivity contribution < 1.29 is 0 Å². The van der Waals surface area contributed by atoms with Crippen LogP contribution in [-0.2, 0) is 0 Å². The highest BCUT2D eigenvalue weighted by molar-refractivity contribution is 5.55. The summed E-state index contributed by atoms with van der Waals surface area (Å²) in [5, 5.41) is 0. The third kappa shape index (κ3) is 4.02. The van der Waals surface area contributed by atoms with Crippen LogP contribution in [0.2, 0.25) is 0 Å². The second-order valence-electron chi connectivity index (χ2n) is 5.34. The van der Waals surface area contributed by atoms with Gasteiger partial charge in [0.25, 0.3) is 0 Å². The Labute approximate surface area is 112 Å². The average molecular weight is 248 g/mol. The van der Waals surface area contributed by atoms with E-state index in [-0.39, 0.29) is 6.04 Å². The second kappa shape index (κ2) is 7.42. The van der Waals surface area contributed by atoms with E-state index in [2.05, 4.69) is 56.9 Å². The fourth-order valence-electron chi connectivity index (χ4n) is 2.32. The highest BCUT2D eigenvalue weighted by atomic mass is 15.2. The molecule has 0 bridgehead atoms. The molecule has 2 nitrogen and oxygen atoms in total. The Morgan fingerprint density at radius 1 is 1.11 bits per heavy atom. The first-order valence-electron chi connectivity index (χ1n) is 7.19.